The predicted molar refractivity (Wildman–Crippen MR) is 69.6 cm³/mol. The van der Waals surface area contributed by atoms with Gasteiger partial charge < -0.3 is 10.4 Å². The molecular formula is C14H11F3N2O2. The number of anilines is 1. The monoisotopic (exact) mass is 296 g/mol. The number of aliphatic hydroxyl groups is 1. The number of carbonyl (C=O) groups is 1. The highest BCUT2D eigenvalue weighted by molar-refractivity contribution is 6.04. The standard InChI is InChI=1S/C14H11F3N2O2/c15-14(16,17)12-6-5-9(7-18-12)13(21)19-11-4-2-1-3-10(11)8-20/h1-7,20H,8H2,(H,19,21). The number of rotatable bonds is 3. The van der Waals surface area contributed by atoms with E-state index in [-0.39, 0.29) is 12.2 Å². The van der Waals surface area contributed by atoms with Gasteiger partial charge in [-0.2, -0.15) is 13.2 Å². The number of carbonyl (C=O) groups excluding carboxylic acids is 1. The molecule has 0 bridgehead atoms. The van der Waals surface area contributed by atoms with E-state index in [1.807, 2.05) is 0 Å². The molecule has 2 N–H and O–H groups in total. The Morgan fingerprint density at radius 2 is 1.90 bits per heavy atom. The molecule has 4 nitrogen and oxygen atoms in total. The van der Waals surface area contributed by atoms with Crippen LogP contribution in [0.25, 0.3) is 0 Å². The molecule has 110 valence electrons. The van der Waals surface area contributed by atoms with Crippen LogP contribution < -0.4 is 5.32 Å². The van der Waals surface area contributed by atoms with Crippen LogP contribution in [0.5, 0.6) is 0 Å². The molecule has 1 aromatic heterocycles. The van der Waals surface area contributed by atoms with Gasteiger partial charge in [0.05, 0.1) is 12.2 Å². The van der Waals surface area contributed by atoms with Gasteiger partial charge in [-0.25, -0.2) is 0 Å². The number of halogens is 3. The third-order valence-electron chi connectivity index (χ3n) is 2.75. The molecule has 0 fully saturated rings. The van der Waals surface area contributed by atoms with Crippen LogP contribution in [0, 0.1) is 0 Å². The average Bonchev–Trinajstić information content (AvgIpc) is 2.47. The van der Waals surface area contributed by atoms with Crippen LogP contribution in [0.4, 0.5) is 18.9 Å². The van der Waals surface area contributed by atoms with E-state index in [2.05, 4.69) is 10.3 Å². The molecule has 0 aliphatic carbocycles. The number of pyridine rings is 1. The molecule has 0 atom stereocenters. The molecule has 21 heavy (non-hydrogen) atoms. The van der Waals surface area contributed by atoms with Crippen LogP contribution in [0.1, 0.15) is 21.6 Å². The number of hydrogen-bond acceptors (Lipinski definition) is 3. The Balaban J connectivity index is 2.17. The van der Waals surface area contributed by atoms with Gasteiger partial charge >= 0.3 is 6.18 Å². The summed E-state index contributed by atoms with van der Waals surface area (Å²) in [7, 11) is 0. The van der Waals surface area contributed by atoms with Crippen molar-refractivity contribution in [3.8, 4) is 0 Å². The Morgan fingerprint density at radius 1 is 1.19 bits per heavy atom. The molecule has 0 saturated heterocycles. The molecule has 0 saturated carbocycles. The fourth-order valence-corrected chi connectivity index (χ4v) is 1.67. The van der Waals surface area contributed by atoms with E-state index >= 15 is 0 Å². The van der Waals surface area contributed by atoms with Gasteiger partial charge in [0.2, 0.25) is 0 Å². The second-order valence-corrected chi connectivity index (χ2v) is 4.20. The number of para-hydroxylation sites is 1. The second kappa shape index (κ2) is 5.92. The SMILES string of the molecule is O=C(Nc1ccccc1CO)c1ccc(C(F)(F)F)nc1. The van der Waals surface area contributed by atoms with E-state index in [1.54, 1.807) is 24.3 Å². The molecule has 0 aliphatic rings. The third-order valence-corrected chi connectivity index (χ3v) is 2.75. The zero-order valence-corrected chi connectivity index (χ0v) is 10.7. The first-order chi connectivity index (χ1) is 9.91. The van der Waals surface area contributed by atoms with Crippen molar-refractivity contribution in [3.63, 3.8) is 0 Å². The third kappa shape index (κ3) is 3.57. The maximum atomic E-state index is 12.4. The predicted octanol–water partition coefficient (Wildman–Crippen LogP) is 2.85. The molecule has 2 rings (SSSR count). The summed E-state index contributed by atoms with van der Waals surface area (Å²) in [4.78, 5) is 15.1. The Hall–Kier alpha value is -2.41. The van der Waals surface area contributed by atoms with E-state index in [0.717, 1.165) is 18.3 Å². The smallest absolute Gasteiger partial charge is 0.392 e. The fourth-order valence-electron chi connectivity index (χ4n) is 1.67. The van der Waals surface area contributed by atoms with Gasteiger partial charge in [0.25, 0.3) is 5.91 Å². The molecule has 1 amide bonds. The van der Waals surface area contributed by atoms with Crippen molar-refractivity contribution in [1.29, 1.82) is 0 Å². The zero-order chi connectivity index (χ0) is 15.5. The van der Waals surface area contributed by atoms with Crippen molar-refractivity contribution >= 4 is 11.6 Å². The summed E-state index contributed by atoms with van der Waals surface area (Å²) >= 11 is 0. The minimum atomic E-state index is -4.54. The van der Waals surface area contributed by atoms with Gasteiger partial charge in [-0.1, -0.05) is 18.2 Å². The summed E-state index contributed by atoms with van der Waals surface area (Å²) < 4.78 is 37.1. The lowest BCUT2D eigenvalue weighted by Crippen LogP contribution is -2.15. The van der Waals surface area contributed by atoms with Crippen molar-refractivity contribution in [2.75, 3.05) is 5.32 Å². The maximum Gasteiger partial charge on any atom is 0.433 e. The molecule has 2 aromatic rings. The van der Waals surface area contributed by atoms with Crippen molar-refractivity contribution < 1.29 is 23.1 Å². The first-order valence-corrected chi connectivity index (χ1v) is 5.95. The van der Waals surface area contributed by atoms with Gasteiger partial charge in [0, 0.05) is 17.4 Å². The largest absolute Gasteiger partial charge is 0.433 e. The van der Waals surface area contributed by atoms with E-state index in [4.69, 9.17) is 5.11 Å². The van der Waals surface area contributed by atoms with Crippen LogP contribution >= 0.6 is 0 Å². The highest BCUT2D eigenvalue weighted by Crippen LogP contribution is 2.27. The van der Waals surface area contributed by atoms with E-state index in [1.165, 1.54) is 0 Å². The number of aromatic nitrogens is 1. The van der Waals surface area contributed by atoms with E-state index in [9.17, 15) is 18.0 Å². The topological polar surface area (TPSA) is 62.2 Å². The quantitative estimate of drug-likeness (QED) is 0.915. The van der Waals surface area contributed by atoms with Gasteiger partial charge in [0.1, 0.15) is 5.69 Å². The van der Waals surface area contributed by atoms with Gasteiger partial charge in [-0.05, 0) is 18.2 Å². The number of amides is 1. The van der Waals surface area contributed by atoms with Crippen molar-refractivity contribution in [1.82, 2.24) is 4.98 Å². The minimum absolute atomic E-state index is 0.00394. The molecule has 0 aliphatic heterocycles. The van der Waals surface area contributed by atoms with Gasteiger partial charge in [-0.15, -0.1) is 0 Å². The molecular weight excluding hydrogens is 285 g/mol. The number of alkyl halides is 3. The maximum absolute atomic E-state index is 12.4. The summed E-state index contributed by atoms with van der Waals surface area (Å²) in [6.07, 6.45) is -3.68. The molecule has 7 heteroatoms. The number of nitrogens with one attached hydrogen (secondary N) is 1. The minimum Gasteiger partial charge on any atom is -0.392 e. The summed E-state index contributed by atoms with van der Waals surface area (Å²) in [6.45, 7) is -0.262. The molecule has 0 spiro atoms. The first-order valence-electron chi connectivity index (χ1n) is 5.95. The number of aliphatic hydroxyl groups excluding tert-OH is 1. The fraction of sp³-hybridized carbons (Fsp3) is 0.143. The van der Waals surface area contributed by atoms with Crippen molar-refractivity contribution in [3.05, 3.63) is 59.4 Å². The lowest BCUT2D eigenvalue weighted by Gasteiger charge is -2.10. The highest BCUT2D eigenvalue weighted by atomic mass is 19.4. The van der Waals surface area contributed by atoms with E-state index < -0.39 is 17.8 Å². The number of hydrogen-bond donors (Lipinski definition) is 2. The van der Waals surface area contributed by atoms with Crippen molar-refractivity contribution in [2.45, 2.75) is 12.8 Å². The molecule has 1 aromatic carbocycles. The average molecular weight is 296 g/mol. The van der Waals surface area contributed by atoms with Crippen molar-refractivity contribution in [2.24, 2.45) is 0 Å². The van der Waals surface area contributed by atoms with Gasteiger partial charge in [-0.3, -0.25) is 9.78 Å². The highest BCUT2D eigenvalue weighted by Gasteiger charge is 2.32. The normalized spacial score (nSPS) is 11.2. The number of nitrogens with zero attached hydrogens (tertiary/aromatic N) is 1. The van der Waals surface area contributed by atoms with Crippen LogP contribution in [0.3, 0.4) is 0 Å². The van der Waals surface area contributed by atoms with Gasteiger partial charge in [0.15, 0.2) is 0 Å². The van der Waals surface area contributed by atoms with Crippen LogP contribution in [-0.4, -0.2) is 16.0 Å². The van der Waals surface area contributed by atoms with Crippen LogP contribution in [-0.2, 0) is 12.8 Å². The summed E-state index contributed by atoms with van der Waals surface area (Å²) in [6, 6.07) is 8.36. The van der Waals surface area contributed by atoms with Crippen LogP contribution in [0.2, 0.25) is 0 Å². The molecule has 0 radical (unpaired) electrons. The summed E-state index contributed by atoms with van der Waals surface area (Å²) in [5.41, 5.74) is -0.166. The Bertz CT molecular complexity index is 639. The number of benzene rings is 1. The lowest BCUT2D eigenvalue weighted by molar-refractivity contribution is -0.141. The Kier molecular flexibility index (Phi) is 4.23. The second-order valence-electron chi connectivity index (χ2n) is 4.20. The Labute approximate surface area is 118 Å². The summed E-state index contributed by atoms with van der Waals surface area (Å²) in [5.74, 6) is -0.600. The zero-order valence-electron chi connectivity index (χ0n) is 10.7. The molecule has 1 heterocycles. The van der Waals surface area contributed by atoms with Crippen LogP contribution in [0.15, 0.2) is 42.6 Å². The Morgan fingerprint density at radius 3 is 2.48 bits per heavy atom. The molecule has 0 unspecified atom stereocenters. The van der Waals surface area contributed by atoms with E-state index in [0.29, 0.717) is 11.3 Å². The first kappa shape index (κ1) is 15.0. The lowest BCUT2D eigenvalue weighted by atomic mass is 10.1. The summed E-state index contributed by atoms with van der Waals surface area (Å²) in [5, 5.41) is 11.7.